The van der Waals surface area contributed by atoms with E-state index in [0.29, 0.717) is 0 Å². The summed E-state index contributed by atoms with van der Waals surface area (Å²) in [5, 5.41) is 5.45. The standard InChI is InChI=1S/C17H24INO2/c1-5-6-13-15(20-10-9-18)8-7-12-14(11-17(2,3)4)19-21-16(12)13/h7-8H,5-6,9-11H2,1-4H3. The van der Waals surface area contributed by atoms with Crippen molar-refractivity contribution in [1.29, 1.82) is 0 Å². The van der Waals surface area contributed by atoms with Crippen molar-refractivity contribution in [3.05, 3.63) is 23.4 Å². The molecule has 0 spiro atoms. The maximum absolute atomic E-state index is 5.86. The molecule has 0 radical (unpaired) electrons. The molecule has 2 rings (SSSR count). The maximum Gasteiger partial charge on any atom is 0.174 e. The molecule has 0 aliphatic rings. The third-order valence-corrected chi connectivity index (χ3v) is 3.75. The molecule has 3 nitrogen and oxygen atoms in total. The zero-order valence-corrected chi connectivity index (χ0v) is 15.5. The summed E-state index contributed by atoms with van der Waals surface area (Å²) in [6.07, 6.45) is 2.94. The molecule has 116 valence electrons. The van der Waals surface area contributed by atoms with Crippen molar-refractivity contribution in [2.75, 3.05) is 11.0 Å². The number of hydrogen-bond donors (Lipinski definition) is 0. The third-order valence-electron chi connectivity index (χ3n) is 3.31. The molecular weight excluding hydrogens is 377 g/mol. The summed E-state index contributed by atoms with van der Waals surface area (Å²) >= 11 is 2.32. The quantitative estimate of drug-likeness (QED) is 0.494. The number of hydrogen-bond acceptors (Lipinski definition) is 3. The lowest BCUT2D eigenvalue weighted by atomic mass is 9.89. The lowest BCUT2D eigenvalue weighted by Crippen LogP contribution is -2.09. The van der Waals surface area contributed by atoms with Crippen LogP contribution in [-0.4, -0.2) is 16.2 Å². The van der Waals surface area contributed by atoms with Crippen LogP contribution in [0.5, 0.6) is 5.75 Å². The first-order chi connectivity index (χ1) is 9.96. The zero-order valence-electron chi connectivity index (χ0n) is 13.3. The smallest absolute Gasteiger partial charge is 0.174 e. The Hall–Kier alpha value is -0.780. The maximum atomic E-state index is 5.86. The minimum atomic E-state index is 0.200. The van der Waals surface area contributed by atoms with Crippen LogP contribution in [-0.2, 0) is 12.8 Å². The Morgan fingerprint density at radius 2 is 2.05 bits per heavy atom. The lowest BCUT2D eigenvalue weighted by molar-refractivity contribution is 0.341. The van der Waals surface area contributed by atoms with Gasteiger partial charge in [-0.05, 0) is 30.4 Å². The SMILES string of the molecule is CCCc1c(OCCI)ccc2c(CC(C)(C)C)noc12. The van der Waals surface area contributed by atoms with Gasteiger partial charge in [0.1, 0.15) is 5.75 Å². The lowest BCUT2D eigenvalue weighted by Gasteiger charge is -2.16. The number of aryl methyl sites for hydroxylation is 1. The van der Waals surface area contributed by atoms with E-state index >= 15 is 0 Å². The molecule has 0 bridgehead atoms. The summed E-state index contributed by atoms with van der Waals surface area (Å²) in [7, 11) is 0. The Balaban J connectivity index is 2.44. The van der Waals surface area contributed by atoms with E-state index in [9.17, 15) is 0 Å². The average molecular weight is 401 g/mol. The second-order valence-corrected chi connectivity index (χ2v) is 7.65. The number of nitrogens with zero attached hydrogens (tertiary/aromatic N) is 1. The third kappa shape index (κ3) is 4.11. The van der Waals surface area contributed by atoms with Gasteiger partial charge in [0.25, 0.3) is 0 Å². The van der Waals surface area contributed by atoms with E-state index < -0.39 is 0 Å². The molecular formula is C17H24INO2. The van der Waals surface area contributed by atoms with Crippen LogP contribution in [0.1, 0.15) is 45.4 Å². The normalized spacial score (nSPS) is 12.0. The van der Waals surface area contributed by atoms with Crippen molar-refractivity contribution in [1.82, 2.24) is 5.16 Å². The van der Waals surface area contributed by atoms with E-state index in [-0.39, 0.29) is 5.41 Å². The summed E-state index contributed by atoms with van der Waals surface area (Å²) in [5.41, 5.74) is 3.32. The Labute approximate surface area is 140 Å². The first-order valence-electron chi connectivity index (χ1n) is 7.55. The van der Waals surface area contributed by atoms with Crippen LogP contribution < -0.4 is 4.74 Å². The Kier molecular flexibility index (Phi) is 5.52. The van der Waals surface area contributed by atoms with Crippen LogP contribution in [0.3, 0.4) is 0 Å². The highest BCUT2D eigenvalue weighted by Gasteiger charge is 2.20. The number of aromatic nitrogens is 1. The minimum absolute atomic E-state index is 0.200. The average Bonchev–Trinajstić information content (AvgIpc) is 2.79. The molecule has 4 heteroatoms. The highest BCUT2D eigenvalue weighted by Crippen LogP contribution is 2.33. The van der Waals surface area contributed by atoms with Gasteiger partial charge in [0, 0.05) is 15.4 Å². The summed E-state index contributed by atoms with van der Waals surface area (Å²) in [6, 6.07) is 4.16. The minimum Gasteiger partial charge on any atom is -0.492 e. The highest BCUT2D eigenvalue weighted by atomic mass is 127. The van der Waals surface area contributed by atoms with E-state index in [2.05, 4.69) is 67.6 Å². The molecule has 0 atom stereocenters. The van der Waals surface area contributed by atoms with E-state index in [4.69, 9.17) is 9.26 Å². The fraction of sp³-hybridized carbons (Fsp3) is 0.588. The van der Waals surface area contributed by atoms with Crippen molar-refractivity contribution in [2.24, 2.45) is 5.41 Å². The van der Waals surface area contributed by atoms with E-state index in [1.54, 1.807) is 0 Å². The van der Waals surface area contributed by atoms with Crippen LogP contribution >= 0.6 is 22.6 Å². The zero-order chi connectivity index (χ0) is 15.5. The van der Waals surface area contributed by atoms with Crippen molar-refractivity contribution in [2.45, 2.75) is 47.0 Å². The number of fused-ring (bicyclic) bond motifs is 1. The highest BCUT2D eigenvalue weighted by molar-refractivity contribution is 14.1. The predicted octanol–water partition coefficient (Wildman–Crippen LogP) is 5.18. The first-order valence-corrected chi connectivity index (χ1v) is 9.07. The van der Waals surface area contributed by atoms with Gasteiger partial charge in [-0.15, -0.1) is 0 Å². The molecule has 0 aliphatic heterocycles. The Morgan fingerprint density at radius 3 is 2.67 bits per heavy atom. The van der Waals surface area contributed by atoms with Crippen LogP contribution in [0.15, 0.2) is 16.7 Å². The molecule has 0 saturated heterocycles. The second-order valence-electron chi connectivity index (χ2n) is 6.57. The Morgan fingerprint density at radius 1 is 1.29 bits per heavy atom. The molecule has 21 heavy (non-hydrogen) atoms. The first kappa shape index (κ1) is 16.6. The number of rotatable bonds is 6. The van der Waals surface area contributed by atoms with Crippen molar-refractivity contribution < 1.29 is 9.26 Å². The molecule has 0 fully saturated rings. The van der Waals surface area contributed by atoms with Gasteiger partial charge in [0.05, 0.1) is 12.3 Å². The number of alkyl halides is 1. The van der Waals surface area contributed by atoms with E-state index in [1.807, 2.05) is 0 Å². The van der Waals surface area contributed by atoms with E-state index in [0.717, 1.165) is 58.3 Å². The van der Waals surface area contributed by atoms with Gasteiger partial charge >= 0.3 is 0 Å². The van der Waals surface area contributed by atoms with Gasteiger partial charge in [-0.1, -0.05) is 61.9 Å². The van der Waals surface area contributed by atoms with Crippen LogP contribution in [0, 0.1) is 5.41 Å². The molecule has 1 aromatic carbocycles. The van der Waals surface area contributed by atoms with Crippen LogP contribution in [0.2, 0.25) is 0 Å². The van der Waals surface area contributed by atoms with E-state index in [1.165, 1.54) is 0 Å². The largest absolute Gasteiger partial charge is 0.492 e. The number of halogens is 1. The molecule has 0 saturated carbocycles. The van der Waals surface area contributed by atoms with Crippen LogP contribution in [0.4, 0.5) is 0 Å². The molecule has 0 aliphatic carbocycles. The Bertz CT molecular complexity index is 599. The summed E-state index contributed by atoms with van der Waals surface area (Å²) in [4.78, 5) is 0. The summed E-state index contributed by atoms with van der Waals surface area (Å²) < 4.78 is 12.5. The van der Waals surface area contributed by atoms with Gasteiger partial charge in [0.15, 0.2) is 5.58 Å². The van der Waals surface area contributed by atoms with Gasteiger partial charge in [0.2, 0.25) is 0 Å². The summed E-state index contributed by atoms with van der Waals surface area (Å²) in [5.74, 6) is 0.944. The second kappa shape index (κ2) is 6.99. The molecule has 0 N–H and O–H groups in total. The van der Waals surface area contributed by atoms with Gasteiger partial charge in [-0.2, -0.15) is 0 Å². The van der Waals surface area contributed by atoms with Crippen molar-refractivity contribution >= 4 is 33.6 Å². The van der Waals surface area contributed by atoms with Crippen LogP contribution in [0.25, 0.3) is 11.0 Å². The molecule has 0 amide bonds. The fourth-order valence-corrected chi connectivity index (χ4v) is 2.71. The van der Waals surface area contributed by atoms with Gasteiger partial charge in [-0.3, -0.25) is 0 Å². The molecule has 1 aromatic heterocycles. The van der Waals surface area contributed by atoms with Crippen molar-refractivity contribution in [3.63, 3.8) is 0 Å². The number of ether oxygens (including phenoxy) is 1. The molecule has 2 aromatic rings. The topological polar surface area (TPSA) is 35.3 Å². The monoisotopic (exact) mass is 401 g/mol. The van der Waals surface area contributed by atoms with Crippen molar-refractivity contribution in [3.8, 4) is 5.75 Å². The van der Waals surface area contributed by atoms with Gasteiger partial charge in [-0.25, -0.2) is 0 Å². The summed E-state index contributed by atoms with van der Waals surface area (Å²) in [6.45, 7) is 9.56. The fourth-order valence-electron chi connectivity index (χ4n) is 2.49. The predicted molar refractivity (Wildman–Crippen MR) is 95.5 cm³/mol. The number of benzene rings is 1. The molecule has 0 unspecified atom stereocenters. The molecule has 1 heterocycles. The van der Waals surface area contributed by atoms with Gasteiger partial charge < -0.3 is 9.26 Å².